The molecular formula is C16H29N. The highest BCUT2D eigenvalue weighted by atomic mass is 15.1. The Morgan fingerprint density at radius 2 is 1.53 bits per heavy atom. The second-order valence-electron chi connectivity index (χ2n) is 5.11. The molecule has 1 heteroatoms. The molecule has 0 atom stereocenters. The maximum atomic E-state index is 3.75. The maximum absolute atomic E-state index is 3.75. The summed E-state index contributed by atoms with van der Waals surface area (Å²) in [6.45, 7) is 7.55. The zero-order valence-electron chi connectivity index (χ0n) is 11.4. The van der Waals surface area contributed by atoms with Gasteiger partial charge in [-0.3, -0.25) is 4.90 Å². The summed E-state index contributed by atoms with van der Waals surface area (Å²) in [5.41, 5.74) is 0. The molecule has 0 aromatic carbocycles. The van der Waals surface area contributed by atoms with Crippen molar-refractivity contribution >= 4 is 0 Å². The molecule has 0 aromatic heterocycles. The fourth-order valence-electron chi connectivity index (χ4n) is 2.39. The lowest BCUT2D eigenvalue weighted by atomic mass is 10.1. The minimum atomic E-state index is 1.18. The number of rotatable bonds is 9. The highest BCUT2D eigenvalue weighted by Crippen LogP contribution is 2.09. The van der Waals surface area contributed by atoms with Crippen LogP contribution in [0.25, 0.3) is 0 Å². The quantitative estimate of drug-likeness (QED) is 0.418. The number of piperidine rings is 1. The van der Waals surface area contributed by atoms with Crippen LogP contribution in [-0.2, 0) is 0 Å². The van der Waals surface area contributed by atoms with E-state index in [4.69, 9.17) is 0 Å². The van der Waals surface area contributed by atoms with Gasteiger partial charge in [-0.05, 0) is 51.6 Å². The maximum Gasteiger partial charge on any atom is 0.0163 e. The monoisotopic (exact) mass is 235 g/mol. The van der Waals surface area contributed by atoms with Gasteiger partial charge in [0.2, 0.25) is 0 Å². The molecule has 1 saturated heterocycles. The molecule has 0 N–H and O–H groups in total. The van der Waals surface area contributed by atoms with E-state index < -0.39 is 0 Å². The van der Waals surface area contributed by atoms with Gasteiger partial charge >= 0.3 is 0 Å². The summed E-state index contributed by atoms with van der Waals surface area (Å²) < 4.78 is 0. The van der Waals surface area contributed by atoms with Gasteiger partial charge < -0.3 is 0 Å². The highest BCUT2D eigenvalue weighted by Gasteiger charge is 2.06. The second-order valence-corrected chi connectivity index (χ2v) is 5.11. The van der Waals surface area contributed by atoms with Crippen LogP contribution in [0.3, 0.4) is 0 Å². The molecule has 0 amide bonds. The number of nitrogens with zero attached hydrogens (tertiary/aromatic N) is 1. The average molecular weight is 235 g/mol. The molecule has 0 bridgehead atoms. The molecule has 1 aliphatic heterocycles. The number of hydrogen-bond acceptors (Lipinski definition) is 1. The van der Waals surface area contributed by atoms with Crippen molar-refractivity contribution in [3.8, 4) is 0 Å². The predicted molar refractivity (Wildman–Crippen MR) is 77.3 cm³/mol. The van der Waals surface area contributed by atoms with Crippen LogP contribution < -0.4 is 0 Å². The lowest BCUT2D eigenvalue weighted by Gasteiger charge is -2.24. The molecule has 1 fully saturated rings. The number of likely N-dealkylation sites (tertiary alicyclic amines) is 1. The molecular weight excluding hydrogens is 206 g/mol. The topological polar surface area (TPSA) is 3.24 Å². The Bertz CT molecular complexity index is 202. The lowest BCUT2D eigenvalue weighted by molar-refractivity contribution is 0.251. The SMILES string of the molecule is C=CCCCCCCC=CCN1CCCCC1. The molecule has 0 unspecified atom stereocenters. The Labute approximate surface area is 108 Å². The Morgan fingerprint density at radius 1 is 0.824 bits per heavy atom. The fraction of sp³-hybridized carbons (Fsp3) is 0.750. The minimum Gasteiger partial charge on any atom is -0.300 e. The first kappa shape index (κ1) is 14.5. The van der Waals surface area contributed by atoms with Gasteiger partial charge in [-0.15, -0.1) is 6.58 Å². The van der Waals surface area contributed by atoms with Crippen LogP contribution in [0, 0.1) is 0 Å². The van der Waals surface area contributed by atoms with E-state index in [9.17, 15) is 0 Å². The van der Waals surface area contributed by atoms with Crippen molar-refractivity contribution in [1.82, 2.24) is 4.90 Å². The van der Waals surface area contributed by atoms with Gasteiger partial charge in [0.15, 0.2) is 0 Å². The van der Waals surface area contributed by atoms with Crippen LogP contribution >= 0.6 is 0 Å². The van der Waals surface area contributed by atoms with Crippen molar-refractivity contribution in [1.29, 1.82) is 0 Å². The predicted octanol–water partition coefficient (Wildman–Crippen LogP) is 4.56. The average Bonchev–Trinajstić information content (AvgIpc) is 2.38. The third kappa shape index (κ3) is 8.20. The molecule has 1 heterocycles. The van der Waals surface area contributed by atoms with Crippen molar-refractivity contribution in [3.05, 3.63) is 24.8 Å². The Balaban J connectivity index is 1.86. The summed E-state index contributed by atoms with van der Waals surface area (Å²) in [4.78, 5) is 2.57. The van der Waals surface area contributed by atoms with E-state index in [2.05, 4.69) is 23.6 Å². The van der Waals surface area contributed by atoms with Crippen LogP contribution in [-0.4, -0.2) is 24.5 Å². The smallest absolute Gasteiger partial charge is 0.0163 e. The van der Waals surface area contributed by atoms with Gasteiger partial charge in [-0.25, -0.2) is 0 Å². The Morgan fingerprint density at radius 3 is 2.24 bits per heavy atom. The normalized spacial score (nSPS) is 17.6. The van der Waals surface area contributed by atoms with Gasteiger partial charge in [-0.2, -0.15) is 0 Å². The zero-order valence-corrected chi connectivity index (χ0v) is 11.4. The van der Waals surface area contributed by atoms with Crippen molar-refractivity contribution in [3.63, 3.8) is 0 Å². The standard InChI is InChI=1S/C16H29N/c1-2-3-4-5-6-7-8-9-11-14-17-15-12-10-13-16-17/h2,9,11H,1,3-8,10,12-16H2. The molecule has 17 heavy (non-hydrogen) atoms. The number of allylic oxidation sites excluding steroid dienone is 2. The van der Waals surface area contributed by atoms with Gasteiger partial charge in [0.1, 0.15) is 0 Å². The highest BCUT2D eigenvalue weighted by molar-refractivity contribution is 4.85. The molecule has 0 aliphatic carbocycles. The van der Waals surface area contributed by atoms with Gasteiger partial charge in [0.25, 0.3) is 0 Å². The third-order valence-corrected chi connectivity index (χ3v) is 3.51. The van der Waals surface area contributed by atoms with Gasteiger partial charge in [0, 0.05) is 6.54 Å². The first-order valence-electron chi connectivity index (χ1n) is 7.42. The summed E-state index contributed by atoms with van der Waals surface area (Å²) in [6, 6.07) is 0. The first-order valence-corrected chi connectivity index (χ1v) is 7.42. The summed E-state index contributed by atoms with van der Waals surface area (Å²) in [5, 5.41) is 0. The van der Waals surface area contributed by atoms with Gasteiger partial charge in [0.05, 0.1) is 0 Å². The van der Waals surface area contributed by atoms with Crippen molar-refractivity contribution in [2.75, 3.05) is 19.6 Å². The van der Waals surface area contributed by atoms with Crippen LogP contribution in [0.5, 0.6) is 0 Å². The molecule has 0 spiro atoms. The van der Waals surface area contributed by atoms with E-state index in [-0.39, 0.29) is 0 Å². The third-order valence-electron chi connectivity index (χ3n) is 3.51. The largest absolute Gasteiger partial charge is 0.300 e. The fourth-order valence-corrected chi connectivity index (χ4v) is 2.39. The van der Waals surface area contributed by atoms with Crippen LogP contribution in [0.2, 0.25) is 0 Å². The molecule has 1 nitrogen and oxygen atoms in total. The van der Waals surface area contributed by atoms with E-state index in [0.717, 1.165) is 0 Å². The van der Waals surface area contributed by atoms with Crippen molar-refractivity contribution < 1.29 is 0 Å². The molecule has 1 rings (SSSR count). The molecule has 0 radical (unpaired) electrons. The minimum absolute atomic E-state index is 1.18. The van der Waals surface area contributed by atoms with Crippen molar-refractivity contribution in [2.24, 2.45) is 0 Å². The Hall–Kier alpha value is -0.560. The van der Waals surface area contributed by atoms with E-state index in [1.807, 2.05) is 6.08 Å². The molecule has 0 saturated carbocycles. The van der Waals surface area contributed by atoms with Crippen molar-refractivity contribution in [2.45, 2.75) is 57.8 Å². The van der Waals surface area contributed by atoms with Gasteiger partial charge in [-0.1, -0.05) is 37.5 Å². The lowest BCUT2D eigenvalue weighted by Crippen LogP contribution is -2.29. The van der Waals surface area contributed by atoms with Crippen LogP contribution in [0.1, 0.15) is 57.8 Å². The molecule has 0 aromatic rings. The summed E-state index contributed by atoms with van der Waals surface area (Å²) in [5.74, 6) is 0. The zero-order chi connectivity index (χ0) is 12.2. The molecule has 1 aliphatic rings. The van der Waals surface area contributed by atoms with E-state index >= 15 is 0 Å². The molecule has 98 valence electrons. The number of unbranched alkanes of at least 4 members (excludes halogenated alkanes) is 5. The summed E-state index contributed by atoms with van der Waals surface area (Å²) in [7, 11) is 0. The van der Waals surface area contributed by atoms with E-state index in [0.29, 0.717) is 0 Å². The van der Waals surface area contributed by atoms with E-state index in [1.54, 1.807) is 0 Å². The summed E-state index contributed by atoms with van der Waals surface area (Å²) >= 11 is 0. The number of hydrogen-bond donors (Lipinski definition) is 0. The summed E-state index contributed by atoms with van der Waals surface area (Å²) in [6.07, 6.45) is 18.9. The van der Waals surface area contributed by atoms with E-state index in [1.165, 1.54) is 77.4 Å². The van der Waals surface area contributed by atoms with Crippen LogP contribution in [0.15, 0.2) is 24.8 Å². The first-order chi connectivity index (χ1) is 8.43. The Kier molecular flexibility index (Phi) is 9.03. The second kappa shape index (κ2) is 10.6. The van der Waals surface area contributed by atoms with Crippen LogP contribution in [0.4, 0.5) is 0 Å².